The van der Waals surface area contributed by atoms with Gasteiger partial charge < -0.3 is 57.6 Å². The number of aromatic amines is 1. The van der Waals surface area contributed by atoms with Crippen molar-refractivity contribution in [3.63, 3.8) is 0 Å². The average molecular weight is 932 g/mol. The predicted octanol–water partition coefficient (Wildman–Crippen LogP) is 1.53. The molecule has 0 unspecified atom stereocenters. The molecule has 0 bridgehead atoms. The van der Waals surface area contributed by atoms with Crippen LogP contribution in [0.5, 0.6) is 5.75 Å². The van der Waals surface area contributed by atoms with Gasteiger partial charge in [-0.15, -0.1) is 0 Å². The van der Waals surface area contributed by atoms with E-state index in [1.165, 1.54) is 30.5 Å². The number of carbonyl (C=O) groups is 8. The molecule has 1 aliphatic heterocycles. The van der Waals surface area contributed by atoms with Crippen LogP contribution < -0.4 is 33.2 Å². The number of aromatic hydroxyl groups is 1. The molecule has 0 saturated heterocycles. The van der Waals surface area contributed by atoms with Crippen LogP contribution in [0.15, 0.2) is 53.4 Å². The van der Waals surface area contributed by atoms with Crippen molar-refractivity contribution < 1.29 is 53.0 Å². The van der Waals surface area contributed by atoms with Crippen LogP contribution in [0.4, 0.5) is 0 Å². The summed E-state index contributed by atoms with van der Waals surface area (Å²) in [6.45, 7) is 10.5. The minimum Gasteiger partial charge on any atom is -0.508 e. The number of benzene rings is 1. The molecule has 364 valence electrons. The molecule has 12 N–H and O–H groups in total. The topological polar surface area (TPSA) is 336 Å². The van der Waals surface area contributed by atoms with E-state index >= 15 is 0 Å². The van der Waals surface area contributed by atoms with Gasteiger partial charge in [-0.25, -0.2) is 4.98 Å². The highest BCUT2D eigenvalue weighted by Crippen LogP contribution is 2.37. The Hall–Kier alpha value is -6.35. The van der Waals surface area contributed by atoms with Crippen LogP contribution in [-0.4, -0.2) is 115 Å². The third kappa shape index (κ3) is 13.0. The number of hydrogen-bond donors (Lipinski definition) is 9. The number of phenols is 1. The second-order valence-corrected chi connectivity index (χ2v) is 17.6. The van der Waals surface area contributed by atoms with Crippen LogP contribution in [0.1, 0.15) is 103 Å². The second kappa shape index (κ2) is 23.9. The number of nitrogens with one attached hydrogen (secondary N) is 4. The Labute approximate surface area is 388 Å². The number of nitrogens with two attached hydrogens (primary N) is 3. The number of aromatic nitrogens is 2. The van der Waals surface area contributed by atoms with Gasteiger partial charge in [0.1, 0.15) is 35.9 Å². The molecule has 67 heavy (non-hydrogen) atoms. The fourth-order valence-corrected chi connectivity index (χ4v) is 7.84. The maximum atomic E-state index is 13.9. The summed E-state index contributed by atoms with van der Waals surface area (Å²) in [4.78, 5) is 115. The van der Waals surface area contributed by atoms with Crippen molar-refractivity contribution in [1.29, 1.82) is 0 Å². The van der Waals surface area contributed by atoms with E-state index in [0.717, 1.165) is 17.2 Å². The van der Waals surface area contributed by atoms with E-state index in [9.17, 15) is 48.6 Å². The molecule has 9 atom stereocenters. The monoisotopic (exact) mass is 931 g/mol. The van der Waals surface area contributed by atoms with E-state index in [0.29, 0.717) is 35.7 Å². The molecule has 3 aromatic rings. The number of ketones is 3. The fraction of sp³-hybridized carbons (Fsp3) is 0.511. The summed E-state index contributed by atoms with van der Waals surface area (Å²) in [6.07, 6.45) is 7.89. The zero-order chi connectivity index (χ0) is 49.7. The number of aliphatic hydroxyl groups excluding tert-OH is 1. The number of nitrogens with zero attached hydrogens (tertiary/aromatic N) is 2. The van der Waals surface area contributed by atoms with E-state index in [-0.39, 0.29) is 61.8 Å². The van der Waals surface area contributed by atoms with Gasteiger partial charge in [0.2, 0.25) is 29.4 Å². The zero-order valence-corrected chi connectivity index (χ0v) is 38.8. The number of amides is 4. The van der Waals surface area contributed by atoms with E-state index in [1.54, 1.807) is 40.0 Å². The molecule has 4 rings (SSSR count). The lowest BCUT2D eigenvalue weighted by Crippen LogP contribution is -2.66. The zero-order valence-electron chi connectivity index (χ0n) is 38.8. The number of aldehydes is 1. The van der Waals surface area contributed by atoms with E-state index in [1.807, 2.05) is 13.8 Å². The molecule has 0 radical (unpaired) electrons. The quantitative estimate of drug-likeness (QED) is 0.0181. The standard InChI is InChI=1S/C47H65N9O11/c1-7-10-33(48)42(63)47(24-57)32(40(61)39(60)26(5)8-2)16-18-56(47)46(66)34(49)11-9-17-51-43(64)37(20-28-22-52-36-14-13-30(58)21-31(28)36)55-38(59)15-12-29-23-67-45(54-29)27(6)53-44(65)41(62)35(50)19-25(3)4/h12-16,18,21-27,32-35,37,39,52,58,60H,7-11,17,19-20,48-50H2,1-6H3,(H,51,64)(H,53,65)(H,55,59)/t26-,27-,32-,33+,34+,35-,37+,39-,47-/m1/s1. The summed E-state index contributed by atoms with van der Waals surface area (Å²) in [6, 6.07) is -0.772. The normalized spacial score (nSPS) is 19.1. The van der Waals surface area contributed by atoms with Gasteiger partial charge in [-0.1, -0.05) is 53.5 Å². The average Bonchev–Trinajstić information content (AvgIpc) is 4.05. The number of Topliss-reactive ketones (excluding diaryl/α,β-unsaturated/α-hetero) is 3. The number of aliphatic hydroxyl groups is 1. The fourth-order valence-electron chi connectivity index (χ4n) is 7.84. The number of H-pyrrole nitrogens is 1. The predicted molar refractivity (Wildman–Crippen MR) is 247 cm³/mol. The highest BCUT2D eigenvalue weighted by Gasteiger charge is 2.59. The Kier molecular flexibility index (Phi) is 19.0. The minimum atomic E-state index is -2.36. The first kappa shape index (κ1) is 53.3. The molecule has 2 aromatic heterocycles. The van der Waals surface area contributed by atoms with Crippen molar-refractivity contribution in [2.75, 3.05) is 6.54 Å². The van der Waals surface area contributed by atoms with Gasteiger partial charge in [0.05, 0.1) is 24.0 Å². The number of carbonyl (C=O) groups excluding carboxylic acids is 8. The Morgan fingerprint density at radius 2 is 1.72 bits per heavy atom. The second-order valence-electron chi connectivity index (χ2n) is 17.6. The van der Waals surface area contributed by atoms with Crippen LogP contribution >= 0.6 is 0 Å². The SMILES string of the molecule is CCC[C@H](N)C(=O)[C@@]1(C=O)[C@@H](C(=O)[C@H](O)[C@H](C)CC)C=CN1C(=O)[C@@H](N)CCCNC(=O)[C@H](Cc1c[nH]c2ccc(O)cc12)NC(=O)C=Cc1coc([C@@H](C)NC(=O)C(=O)[C@H](N)CC(C)C)n1. The van der Waals surface area contributed by atoms with Gasteiger partial charge in [0, 0.05) is 42.3 Å². The van der Waals surface area contributed by atoms with Gasteiger partial charge in [0.25, 0.3) is 5.91 Å². The molecule has 1 aromatic carbocycles. The number of rotatable bonds is 26. The van der Waals surface area contributed by atoms with Crippen LogP contribution in [0.25, 0.3) is 17.0 Å². The smallest absolute Gasteiger partial charge is 0.289 e. The van der Waals surface area contributed by atoms with E-state index in [4.69, 9.17) is 21.6 Å². The highest BCUT2D eigenvalue weighted by atomic mass is 16.3. The summed E-state index contributed by atoms with van der Waals surface area (Å²) in [7, 11) is 0. The molecular weight excluding hydrogens is 867 g/mol. The Morgan fingerprint density at radius 1 is 1.00 bits per heavy atom. The van der Waals surface area contributed by atoms with Crippen molar-refractivity contribution in [2.45, 2.75) is 128 Å². The molecule has 0 spiro atoms. The van der Waals surface area contributed by atoms with Crippen molar-refractivity contribution in [1.82, 2.24) is 30.8 Å². The molecule has 20 nitrogen and oxygen atoms in total. The number of fused-ring (bicyclic) bond motifs is 1. The van der Waals surface area contributed by atoms with Gasteiger partial charge in [-0.3, -0.25) is 38.5 Å². The summed E-state index contributed by atoms with van der Waals surface area (Å²) in [5, 5.41) is 29.5. The molecule has 3 heterocycles. The summed E-state index contributed by atoms with van der Waals surface area (Å²) in [5.41, 5.74) is 17.5. The van der Waals surface area contributed by atoms with E-state index in [2.05, 4.69) is 25.9 Å². The largest absolute Gasteiger partial charge is 0.508 e. The Bertz CT molecular complexity index is 2340. The number of phenolic OH excluding ortho intramolecular Hbond substituents is 1. The molecule has 0 aliphatic carbocycles. The van der Waals surface area contributed by atoms with Crippen LogP contribution in [0.2, 0.25) is 0 Å². The van der Waals surface area contributed by atoms with Crippen LogP contribution in [0, 0.1) is 17.8 Å². The van der Waals surface area contributed by atoms with Crippen molar-refractivity contribution in [2.24, 2.45) is 35.0 Å². The summed E-state index contributed by atoms with van der Waals surface area (Å²) >= 11 is 0. The van der Waals surface area contributed by atoms with Gasteiger partial charge in [0.15, 0.2) is 23.4 Å². The summed E-state index contributed by atoms with van der Waals surface area (Å²) in [5.74, 6) is -7.31. The van der Waals surface area contributed by atoms with Gasteiger partial charge in [-0.05, 0) is 74.3 Å². The lowest BCUT2D eigenvalue weighted by Gasteiger charge is -2.39. The first-order valence-corrected chi connectivity index (χ1v) is 22.6. The van der Waals surface area contributed by atoms with Crippen LogP contribution in [-0.2, 0) is 44.8 Å². The maximum absolute atomic E-state index is 13.9. The summed E-state index contributed by atoms with van der Waals surface area (Å²) < 4.78 is 5.47. The third-order valence-electron chi connectivity index (χ3n) is 11.9. The molecule has 4 amide bonds. The minimum absolute atomic E-state index is 0.0110. The Balaban J connectivity index is 1.44. The highest BCUT2D eigenvalue weighted by molar-refractivity contribution is 6.38. The molecule has 0 fully saturated rings. The molecule has 0 saturated carbocycles. The van der Waals surface area contributed by atoms with Crippen molar-refractivity contribution >= 4 is 64.2 Å². The Morgan fingerprint density at radius 3 is 2.37 bits per heavy atom. The third-order valence-corrected chi connectivity index (χ3v) is 11.9. The van der Waals surface area contributed by atoms with Gasteiger partial charge in [-0.2, -0.15) is 0 Å². The molecule has 1 aliphatic rings. The first-order valence-electron chi connectivity index (χ1n) is 22.6. The maximum Gasteiger partial charge on any atom is 0.289 e. The van der Waals surface area contributed by atoms with E-state index < -0.39 is 94.7 Å². The molecular formula is C47H65N9O11. The molecule has 20 heteroatoms. The van der Waals surface area contributed by atoms with Gasteiger partial charge >= 0.3 is 0 Å². The number of hydrogen-bond acceptors (Lipinski definition) is 15. The van der Waals surface area contributed by atoms with Crippen molar-refractivity contribution in [3.05, 3.63) is 66.2 Å². The lowest BCUT2D eigenvalue weighted by molar-refractivity contribution is -0.153. The number of oxazole rings is 1. The van der Waals surface area contributed by atoms with Crippen LogP contribution in [0.3, 0.4) is 0 Å². The first-order chi connectivity index (χ1) is 31.7. The lowest BCUT2D eigenvalue weighted by atomic mass is 9.74. The van der Waals surface area contributed by atoms with Crippen molar-refractivity contribution in [3.8, 4) is 5.75 Å².